The van der Waals surface area contributed by atoms with Crippen LogP contribution in [-0.4, -0.2) is 29.3 Å². The van der Waals surface area contributed by atoms with Gasteiger partial charge in [-0.25, -0.2) is 4.79 Å². The number of carboxylic acids is 1. The molecule has 1 aliphatic carbocycles. The maximum atomic E-state index is 11.9. The molecule has 1 aliphatic heterocycles. The first-order chi connectivity index (χ1) is 8.61. The summed E-state index contributed by atoms with van der Waals surface area (Å²) in [6.07, 6.45) is 0.942. The lowest BCUT2D eigenvalue weighted by Gasteiger charge is -2.12. The highest BCUT2D eigenvalue weighted by molar-refractivity contribution is 5.99. The number of benzene rings is 1. The second kappa shape index (κ2) is 3.63. The van der Waals surface area contributed by atoms with E-state index in [4.69, 9.17) is 14.6 Å². The maximum Gasteiger partial charge on any atom is 0.329 e. The molecule has 18 heavy (non-hydrogen) atoms. The fourth-order valence-electron chi connectivity index (χ4n) is 1.84. The van der Waals surface area contributed by atoms with Gasteiger partial charge in [0.15, 0.2) is 11.5 Å². The number of hydrogen-bond donors (Lipinski definition) is 2. The lowest BCUT2D eigenvalue weighted by molar-refractivity contribution is -0.140. The van der Waals surface area contributed by atoms with Crippen molar-refractivity contribution in [2.24, 2.45) is 0 Å². The summed E-state index contributed by atoms with van der Waals surface area (Å²) in [6, 6.07) is 4.77. The molecule has 6 heteroatoms. The number of amides is 1. The van der Waals surface area contributed by atoms with Crippen LogP contribution in [0.2, 0.25) is 0 Å². The van der Waals surface area contributed by atoms with Crippen molar-refractivity contribution in [3.8, 4) is 11.5 Å². The molecular weight excluding hydrogens is 238 g/mol. The Bertz CT molecular complexity index is 535. The van der Waals surface area contributed by atoms with Gasteiger partial charge in [-0.1, -0.05) is 0 Å². The van der Waals surface area contributed by atoms with Gasteiger partial charge in [-0.05, 0) is 31.0 Å². The molecule has 2 aliphatic rings. The summed E-state index contributed by atoms with van der Waals surface area (Å²) in [5.41, 5.74) is -0.709. The van der Waals surface area contributed by atoms with Crippen LogP contribution in [0, 0.1) is 0 Å². The molecular formula is C12H11NO5. The Balaban J connectivity index is 1.79. The van der Waals surface area contributed by atoms with Crippen LogP contribution in [-0.2, 0) is 4.79 Å². The van der Waals surface area contributed by atoms with Gasteiger partial charge in [-0.3, -0.25) is 4.79 Å². The zero-order valence-electron chi connectivity index (χ0n) is 9.43. The molecule has 3 rings (SSSR count). The average Bonchev–Trinajstić information content (AvgIpc) is 2.98. The second-order valence-corrected chi connectivity index (χ2v) is 4.41. The lowest BCUT2D eigenvalue weighted by Crippen LogP contribution is -2.43. The molecule has 6 nitrogen and oxygen atoms in total. The standard InChI is InChI=1S/C12H11NO5/c14-10(13-12(3-4-12)11(15)16)7-1-2-8-9(5-7)18-6-17-8/h1-2,5H,3-4,6H2,(H,13,14)(H,15,16). The summed E-state index contributed by atoms with van der Waals surface area (Å²) < 4.78 is 10.3. The lowest BCUT2D eigenvalue weighted by atomic mass is 10.1. The summed E-state index contributed by atoms with van der Waals surface area (Å²) in [7, 11) is 0. The quantitative estimate of drug-likeness (QED) is 0.826. The number of aliphatic carboxylic acids is 1. The normalized spacial score (nSPS) is 18.2. The Morgan fingerprint density at radius 2 is 1.94 bits per heavy atom. The Labute approximate surface area is 103 Å². The van der Waals surface area contributed by atoms with Crippen LogP contribution in [0.15, 0.2) is 18.2 Å². The number of hydrogen-bond acceptors (Lipinski definition) is 4. The van der Waals surface area contributed by atoms with Crippen LogP contribution >= 0.6 is 0 Å². The zero-order valence-corrected chi connectivity index (χ0v) is 9.43. The number of nitrogens with one attached hydrogen (secondary N) is 1. The van der Waals surface area contributed by atoms with Crippen molar-refractivity contribution < 1.29 is 24.2 Å². The van der Waals surface area contributed by atoms with Gasteiger partial charge in [-0.2, -0.15) is 0 Å². The predicted octanol–water partition coefficient (Wildman–Crippen LogP) is 0.762. The van der Waals surface area contributed by atoms with Gasteiger partial charge in [0.2, 0.25) is 6.79 Å². The van der Waals surface area contributed by atoms with Gasteiger partial charge in [0, 0.05) is 5.56 Å². The monoisotopic (exact) mass is 249 g/mol. The first-order valence-electron chi connectivity index (χ1n) is 5.56. The Morgan fingerprint density at radius 1 is 1.22 bits per heavy atom. The van der Waals surface area contributed by atoms with E-state index in [9.17, 15) is 9.59 Å². The highest BCUT2D eigenvalue weighted by atomic mass is 16.7. The Morgan fingerprint density at radius 3 is 2.61 bits per heavy atom. The SMILES string of the molecule is O=C(NC1(C(=O)O)CC1)c1ccc2c(c1)OCO2. The minimum Gasteiger partial charge on any atom is -0.480 e. The van der Waals surface area contributed by atoms with Crippen molar-refractivity contribution in [2.75, 3.05) is 6.79 Å². The number of carboxylic acid groups (broad SMARTS) is 1. The third-order valence-corrected chi connectivity index (χ3v) is 3.15. The summed E-state index contributed by atoms with van der Waals surface area (Å²) in [5.74, 6) is -0.307. The molecule has 1 heterocycles. The molecule has 0 bridgehead atoms. The van der Waals surface area contributed by atoms with Crippen molar-refractivity contribution >= 4 is 11.9 Å². The summed E-state index contributed by atoms with van der Waals surface area (Å²) in [5, 5.41) is 11.5. The van der Waals surface area contributed by atoms with Crippen LogP contribution < -0.4 is 14.8 Å². The molecule has 0 spiro atoms. The van der Waals surface area contributed by atoms with Crippen molar-refractivity contribution in [1.29, 1.82) is 0 Å². The van der Waals surface area contributed by atoms with Crippen molar-refractivity contribution in [2.45, 2.75) is 18.4 Å². The van der Waals surface area contributed by atoms with E-state index in [1.54, 1.807) is 18.2 Å². The first-order valence-corrected chi connectivity index (χ1v) is 5.56. The third-order valence-electron chi connectivity index (χ3n) is 3.15. The molecule has 1 aromatic carbocycles. The largest absolute Gasteiger partial charge is 0.480 e. The average molecular weight is 249 g/mol. The van der Waals surface area contributed by atoms with E-state index in [0.717, 1.165) is 0 Å². The molecule has 1 amide bonds. The van der Waals surface area contributed by atoms with Gasteiger partial charge in [-0.15, -0.1) is 0 Å². The van der Waals surface area contributed by atoms with Crippen LogP contribution in [0.4, 0.5) is 0 Å². The minimum absolute atomic E-state index is 0.138. The number of ether oxygens (including phenoxy) is 2. The van der Waals surface area contributed by atoms with Gasteiger partial charge < -0.3 is 19.9 Å². The van der Waals surface area contributed by atoms with Gasteiger partial charge >= 0.3 is 5.97 Å². The molecule has 1 fully saturated rings. The predicted molar refractivity (Wildman–Crippen MR) is 59.6 cm³/mol. The number of carbonyl (C=O) groups is 2. The third kappa shape index (κ3) is 1.66. The molecule has 0 atom stereocenters. The van der Waals surface area contributed by atoms with E-state index >= 15 is 0 Å². The van der Waals surface area contributed by atoms with Crippen LogP contribution in [0.3, 0.4) is 0 Å². The van der Waals surface area contributed by atoms with Crippen molar-refractivity contribution in [1.82, 2.24) is 5.32 Å². The van der Waals surface area contributed by atoms with E-state index < -0.39 is 17.4 Å². The molecule has 0 aromatic heterocycles. The topological polar surface area (TPSA) is 84.9 Å². The van der Waals surface area contributed by atoms with E-state index in [1.807, 2.05) is 0 Å². The molecule has 94 valence electrons. The Hall–Kier alpha value is -2.24. The molecule has 0 radical (unpaired) electrons. The van der Waals surface area contributed by atoms with E-state index in [2.05, 4.69) is 5.32 Å². The zero-order chi connectivity index (χ0) is 12.8. The van der Waals surface area contributed by atoms with Crippen LogP contribution in [0.5, 0.6) is 11.5 Å². The van der Waals surface area contributed by atoms with E-state index in [1.165, 1.54) is 0 Å². The number of rotatable bonds is 3. The number of carbonyl (C=O) groups excluding carboxylic acids is 1. The van der Waals surface area contributed by atoms with Crippen LogP contribution in [0.1, 0.15) is 23.2 Å². The number of fused-ring (bicyclic) bond motifs is 1. The van der Waals surface area contributed by atoms with E-state index in [0.29, 0.717) is 29.9 Å². The van der Waals surface area contributed by atoms with Crippen molar-refractivity contribution in [3.05, 3.63) is 23.8 Å². The van der Waals surface area contributed by atoms with Crippen molar-refractivity contribution in [3.63, 3.8) is 0 Å². The molecule has 0 saturated heterocycles. The van der Waals surface area contributed by atoms with E-state index in [-0.39, 0.29) is 6.79 Å². The smallest absolute Gasteiger partial charge is 0.329 e. The summed E-state index contributed by atoms with van der Waals surface area (Å²) in [4.78, 5) is 22.9. The fraction of sp³-hybridized carbons (Fsp3) is 0.333. The van der Waals surface area contributed by atoms with Gasteiger partial charge in [0.25, 0.3) is 5.91 Å². The summed E-state index contributed by atoms with van der Waals surface area (Å²) in [6.45, 7) is 0.138. The Kier molecular flexibility index (Phi) is 2.19. The maximum absolute atomic E-state index is 11.9. The molecule has 2 N–H and O–H groups in total. The summed E-state index contributed by atoms with van der Waals surface area (Å²) >= 11 is 0. The minimum atomic E-state index is -1.08. The molecule has 0 unspecified atom stereocenters. The highest BCUT2D eigenvalue weighted by Gasteiger charge is 2.51. The fourth-order valence-corrected chi connectivity index (χ4v) is 1.84. The molecule has 1 aromatic rings. The van der Waals surface area contributed by atoms with Gasteiger partial charge in [0.1, 0.15) is 5.54 Å². The van der Waals surface area contributed by atoms with Gasteiger partial charge in [0.05, 0.1) is 0 Å². The highest BCUT2D eigenvalue weighted by Crippen LogP contribution is 2.37. The first kappa shape index (κ1) is 10.9. The molecule has 1 saturated carbocycles. The van der Waals surface area contributed by atoms with Crippen LogP contribution in [0.25, 0.3) is 0 Å². The second-order valence-electron chi connectivity index (χ2n) is 4.41.